The fraction of sp³-hybridized carbons (Fsp3) is 0.483. The minimum atomic E-state index is -5.08. The molecule has 1 aliphatic carbocycles. The number of nitrogens with zero attached hydrogens (tertiary/aromatic N) is 3. The second kappa shape index (κ2) is 11.5. The number of aryl methyl sites for hydroxylation is 1. The fourth-order valence-electron chi connectivity index (χ4n) is 5.84. The van der Waals surface area contributed by atoms with Crippen LogP contribution in [-0.2, 0) is 27.1 Å². The van der Waals surface area contributed by atoms with Gasteiger partial charge in [0.25, 0.3) is 0 Å². The number of likely N-dealkylation sites (tertiary alicyclic amines) is 1. The van der Waals surface area contributed by atoms with Crippen LogP contribution < -0.4 is 10.1 Å². The summed E-state index contributed by atoms with van der Waals surface area (Å²) in [6.45, 7) is 6.99. The third-order valence-electron chi connectivity index (χ3n) is 8.17. The Morgan fingerprint density at radius 2 is 1.78 bits per heavy atom. The second-order valence-electron chi connectivity index (χ2n) is 11.7. The highest BCUT2D eigenvalue weighted by atomic mass is 32.1. The molecule has 0 radical (unpaired) electrons. The molecule has 3 atom stereocenters. The normalized spacial score (nSPS) is 22.6. The van der Waals surface area contributed by atoms with E-state index >= 15 is 0 Å². The van der Waals surface area contributed by atoms with Crippen LogP contribution in [0.5, 0.6) is 5.75 Å². The Morgan fingerprint density at radius 3 is 2.33 bits per heavy atom. The minimum absolute atomic E-state index is 0.126. The molecule has 2 N–H and O–H groups in total. The number of hydrogen-bond donors (Lipinski definition) is 2. The number of fused-ring (bicyclic) bond motifs is 2. The van der Waals surface area contributed by atoms with Crippen LogP contribution in [0.1, 0.15) is 43.0 Å². The highest BCUT2D eigenvalue weighted by Crippen LogP contribution is 2.63. The first kappa shape index (κ1) is 32.6. The Bertz CT molecular complexity index is 1640. The van der Waals surface area contributed by atoms with Gasteiger partial charge in [-0.3, -0.25) is 19.5 Å². The van der Waals surface area contributed by atoms with Crippen molar-refractivity contribution < 1.29 is 50.6 Å². The molecule has 3 aromatic rings. The van der Waals surface area contributed by atoms with Crippen LogP contribution in [-0.4, -0.2) is 63.1 Å². The predicted molar refractivity (Wildman–Crippen MR) is 149 cm³/mol. The fourth-order valence-corrected chi connectivity index (χ4v) is 6.97. The molecule has 3 aliphatic rings. The number of aliphatic carboxylic acids is 1. The van der Waals surface area contributed by atoms with Gasteiger partial charge in [0.1, 0.15) is 17.5 Å². The number of carboxylic acid groups (broad SMARTS) is 1. The van der Waals surface area contributed by atoms with Gasteiger partial charge in [-0.25, -0.2) is 9.78 Å². The summed E-state index contributed by atoms with van der Waals surface area (Å²) in [5, 5.41) is 10.4. The molecule has 3 aromatic heterocycles. The number of hydrogen-bond acceptors (Lipinski definition) is 8. The Balaban J connectivity index is 0.000000515. The molecule has 3 fully saturated rings. The van der Waals surface area contributed by atoms with Crippen molar-refractivity contribution in [2.24, 2.45) is 17.3 Å². The van der Waals surface area contributed by atoms with Crippen LogP contribution in [0.4, 0.5) is 26.3 Å². The van der Waals surface area contributed by atoms with Gasteiger partial charge in [0.15, 0.2) is 0 Å². The maximum Gasteiger partial charge on any atom is 0.490 e. The molecular weight excluding hydrogens is 630 g/mol. The number of piperidine rings is 2. The number of alkyl halides is 6. The van der Waals surface area contributed by atoms with E-state index in [-0.39, 0.29) is 47.4 Å². The molecule has 1 saturated carbocycles. The van der Waals surface area contributed by atoms with Gasteiger partial charge < -0.3 is 15.2 Å². The molecule has 45 heavy (non-hydrogen) atoms. The predicted octanol–water partition coefficient (Wildman–Crippen LogP) is 5.59. The summed E-state index contributed by atoms with van der Waals surface area (Å²) in [7, 11) is 0. The summed E-state index contributed by atoms with van der Waals surface area (Å²) >= 11 is 1.32. The topological polar surface area (TPSA) is 122 Å². The maximum absolute atomic E-state index is 13.8. The second-order valence-corrected chi connectivity index (χ2v) is 12.8. The maximum atomic E-state index is 13.8. The molecule has 9 nitrogen and oxygen atoms in total. The van der Waals surface area contributed by atoms with Crippen molar-refractivity contribution in [1.82, 2.24) is 20.2 Å². The quantitative estimate of drug-likeness (QED) is 0.269. The third kappa shape index (κ3) is 6.34. The molecular formula is C29H28F6N4O5S. The number of thiophene rings is 1. The number of amides is 2. The molecule has 0 aromatic carbocycles. The lowest BCUT2D eigenvalue weighted by Crippen LogP contribution is -2.37. The molecule has 2 aliphatic heterocycles. The monoisotopic (exact) mass is 658 g/mol. The van der Waals surface area contributed by atoms with E-state index in [0.717, 1.165) is 30.3 Å². The van der Waals surface area contributed by atoms with Crippen molar-refractivity contribution in [3.63, 3.8) is 0 Å². The summed E-state index contributed by atoms with van der Waals surface area (Å²) in [5.74, 6) is -3.30. The number of ether oxygens (including phenoxy) is 1. The van der Waals surface area contributed by atoms with Crippen LogP contribution in [0.3, 0.4) is 0 Å². The highest BCUT2D eigenvalue weighted by molar-refractivity contribution is 7.19. The minimum Gasteiger partial charge on any atom is -0.487 e. The van der Waals surface area contributed by atoms with Gasteiger partial charge in [0.2, 0.25) is 11.8 Å². The number of nitrogens with one attached hydrogen (secondary N) is 1. The highest BCUT2D eigenvalue weighted by Gasteiger charge is 2.72. The number of rotatable bonds is 5. The Morgan fingerprint density at radius 1 is 1.13 bits per heavy atom. The Kier molecular flexibility index (Phi) is 8.36. The smallest absolute Gasteiger partial charge is 0.487 e. The summed E-state index contributed by atoms with van der Waals surface area (Å²) in [4.78, 5) is 44.9. The van der Waals surface area contributed by atoms with Gasteiger partial charge in [0, 0.05) is 28.7 Å². The molecule has 242 valence electrons. The van der Waals surface area contributed by atoms with E-state index in [1.54, 1.807) is 18.3 Å². The Labute approximate surface area is 256 Å². The van der Waals surface area contributed by atoms with Gasteiger partial charge in [-0.05, 0) is 49.9 Å². The van der Waals surface area contributed by atoms with Crippen molar-refractivity contribution in [1.29, 1.82) is 0 Å². The van der Waals surface area contributed by atoms with Crippen molar-refractivity contribution in [3.05, 3.63) is 40.7 Å². The number of halogens is 6. The number of carboxylic acids is 1. The molecule has 0 spiro atoms. The first-order chi connectivity index (χ1) is 20.9. The number of pyridine rings is 2. The van der Waals surface area contributed by atoms with Crippen molar-refractivity contribution in [3.8, 4) is 16.9 Å². The molecule has 16 heteroatoms. The largest absolute Gasteiger partial charge is 0.490 e. The zero-order chi connectivity index (χ0) is 33.1. The first-order valence-corrected chi connectivity index (χ1v) is 14.7. The van der Waals surface area contributed by atoms with Gasteiger partial charge in [-0.1, -0.05) is 13.8 Å². The summed E-state index contributed by atoms with van der Waals surface area (Å²) in [6.07, 6.45) is -6.64. The van der Waals surface area contributed by atoms with E-state index in [0.29, 0.717) is 33.6 Å². The number of imide groups is 1. The molecule has 0 bridgehead atoms. The van der Waals surface area contributed by atoms with Crippen LogP contribution in [0.15, 0.2) is 24.4 Å². The van der Waals surface area contributed by atoms with Crippen molar-refractivity contribution in [2.45, 2.75) is 58.6 Å². The van der Waals surface area contributed by atoms with E-state index in [2.05, 4.69) is 15.3 Å². The van der Waals surface area contributed by atoms with E-state index in [1.807, 2.05) is 13.8 Å². The number of carbonyl (C=O) groups is 3. The summed E-state index contributed by atoms with van der Waals surface area (Å²) < 4.78 is 80.0. The van der Waals surface area contributed by atoms with Crippen LogP contribution >= 0.6 is 11.3 Å². The standard InChI is InChI=1S/C27H27F3N4O3S.C2HF3O2/c1-13-22(37-14-5-4-7-31-11-14)17(10-19(33-13)27(28,29)30)16-6-8-32-18-9-15(38-23(16)18)12-34-24(35)20-21(25(34)36)26(20,2)3;3-2(4,5)1(6)7/h6,8-10,14,20-21,31H,4-5,7,11-12H2,1-3H3;(H,6,7)/t14-,20?,21?;/m0./s1. The van der Waals surface area contributed by atoms with Crippen LogP contribution in [0, 0.1) is 24.2 Å². The average molecular weight is 659 g/mol. The van der Waals surface area contributed by atoms with E-state index in [4.69, 9.17) is 14.6 Å². The molecule has 2 saturated heterocycles. The molecule has 2 amide bonds. The molecule has 5 heterocycles. The number of aromatic nitrogens is 2. The summed E-state index contributed by atoms with van der Waals surface area (Å²) in [6, 6.07) is 4.51. The zero-order valence-electron chi connectivity index (χ0n) is 24.2. The molecule has 2 unspecified atom stereocenters. The van der Waals surface area contributed by atoms with Gasteiger partial charge in [-0.2, -0.15) is 26.3 Å². The average Bonchev–Trinajstić information content (AvgIpc) is 3.19. The third-order valence-corrected chi connectivity index (χ3v) is 9.31. The Hall–Kier alpha value is -3.79. The SMILES string of the molecule is Cc1nc(C(F)(F)F)cc(-c2ccnc3cc(CN4C(=O)C5C(C4=O)C5(C)C)sc23)c1O[C@H]1CCCNC1.O=C(O)C(F)(F)F. The van der Waals surface area contributed by atoms with Crippen LogP contribution in [0.25, 0.3) is 21.3 Å². The van der Waals surface area contributed by atoms with Gasteiger partial charge in [-0.15, -0.1) is 11.3 Å². The van der Waals surface area contributed by atoms with E-state index < -0.39 is 24.0 Å². The van der Waals surface area contributed by atoms with E-state index in [9.17, 15) is 35.9 Å². The van der Waals surface area contributed by atoms with Crippen LogP contribution in [0.2, 0.25) is 0 Å². The van der Waals surface area contributed by atoms with Gasteiger partial charge in [0.05, 0.1) is 34.3 Å². The van der Waals surface area contributed by atoms with Crippen molar-refractivity contribution in [2.75, 3.05) is 13.1 Å². The summed E-state index contributed by atoms with van der Waals surface area (Å²) in [5.41, 5.74) is 0.310. The lowest BCUT2D eigenvalue weighted by atomic mass is 10.0. The zero-order valence-corrected chi connectivity index (χ0v) is 25.0. The molecule has 6 rings (SSSR count). The first-order valence-electron chi connectivity index (χ1n) is 13.9. The van der Waals surface area contributed by atoms with Crippen molar-refractivity contribution >= 4 is 39.3 Å². The lowest BCUT2D eigenvalue weighted by molar-refractivity contribution is -0.192. The number of carbonyl (C=O) groups excluding carboxylic acids is 2. The van der Waals surface area contributed by atoms with Gasteiger partial charge >= 0.3 is 18.3 Å². The lowest BCUT2D eigenvalue weighted by Gasteiger charge is -2.26. The van der Waals surface area contributed by atoms with E-state index in [1.165, 1.54) is 23.2 Å².